The molecule has 0 spiro atoms. The van der Waals surface area contributed by atoms with Gasteiger partial charge in [0, 0.05) is 19.3 Å². The third-order valence-corrected chi connectivity index (χ3v) is 7.98. The highest BCUT2D eigenvalue weighted by Crippen LogP contribution is 2.66. The number of carbonyl (C=O) groups excluding carboxylic acids is 1. The van der Waals surface area contributed by atoms with Gasteiger partial charge in [-0.3, -0.25) is 4.79 Å². The van der Waals surface area contributed by atoms with Crippen molar-refractivity contribution in [2.45, 2.75) is 91.3 Å². The molecule has 3 heteroatoms. The van der Waals surface area contributed by atoms with Gasteiger partial charge in [-0.25, -0.2) is 0 Å². The van der Waals surface area contributed by atoms with Crippen molar-refractivity contribution < 1.29 is 14.6 Å². The molecule has 142 valence electrons. The van der Waals surface area contributed by atoms with Crippen molar-refractivity contribution in [1.29, 1.82) is 0 Å². The Labute approximate surface area is 153 Å². The van der Waals surface area contributed by atoms with Crippen LogP contribution in [0, 0.1) is 28.1 Å². The van der Waals surface area contributed by atoms with Gasteiger partial charge in [0.15, 0.2) is 0 Å². The van der Waals surface area contributed by atoms with E-state index in [2.05, 4.69) is 34.3 Å². The SMILES string of the molecule is C=C[C@@]1(C)CC[C@@H]2[C@@](O)(C[C@@H](OC(C)=O)[C@H]3C(C)(C)CCC[C@]23C)C1. The lowest BCUT2D eigenvalue weighted by molar-refractivity contribution is -0.245. The maximum atomic E-state index is 11.8. The smallest absolute Gasteiger partial charge is 0.302 e. The summed E-state index contributed by atoms with van der Waals surface area (Å²) in [5.74, 6) is 0.374. The minimum Gasteiger partial charge on any atom is -0.462 e. The number of esters is 1. The molecule has 6 atom stereocenters. The van der Waals surface area contributed by atoms with Crippen LogP contribution in [0.25, 0.3) is 0 Å². The molecule has 3 aliphatic rings. The molecule has 0 heterocycles. The standard InChI is InChI=1S/C22H36O3/c1-7-20(5)12-9-17-21(6)11-8-10-19(3,4)18(21)16(25-15(2)23)13-22(17,24)14-20/h7,16-18,24H,1,8-14H2,2-6H3/t16-,17+,18+,20+,21-,22-/m1/s1. The zero-order valence-corrected chi connectivity index (χ0v) is 16.7. The van der Waals surface area contributed by atoms with Crippen LogP contribution in [0.3, 0.4) is 0 Å². The summed E-state index contributed by atoms with van der Waals surface area (Å²) in [4.78, 5) is 11.8. The number of ether oxygens (including phenoxy) is 1. The van der Waals surface area contributed by atoms with Gasteiger partial charge in [-0.05, 0) is 54.3 Å². The fourth-order valence-electron chi connectivity index (χ4n) is 7.22. The fourth-order valence-corrected chi connectivity index (χ4v) is 7.22. The first-order chi connectivity index (χ1) is 11.5. The lowest BCUT2D eigenvalue weighted by Gasteiger charge is -2.66. The van der Waals surface area contributed by atoms with Crippen molar-refractivity contribution in [3.05, 3.63) is 12.7 Å². The number of fused-ring (bicyclic) bond motifs is 3. The molecule has 3 saturated carbocycles. The lowest BCUT2D eigenvalue weighted by Crippen LogP contribution is -2.66. The highest BCUT2D eigenvalue weighted by molar-refractivity contribution is 5.66. The van der Waals surface area contributed by atoms with Crippen molar-refractivity contribution >= 4 is 5.97 Å². The molecule has 3 nitrogen and oxygen atoms in total. The normalized spacial score (nSPS) is 48.8. The Morgan fingerprint density at radius 1 is 1.20 bits per heavy atom. The molecule has 0 aromatic heterocycles. The minimum atomic E-state index is -0.764. The van der Waals surface area contributed by atoms with Crippen LogP contribution in [-0.4, -0.2) is 22.8 Å². The predicted octanol–water partition coefficient (Wildman–Crippen LogP) is 4.88. The van der Waals surface area contributed by atoms with Crippen molar-refractivity contribution in [3.63, 3.8) is 0 Å². The summed E-state index contributed by atoms with van der Waals surface area (Å²) < 4.78 is 5.85. The Hall–Kier alpha value is -0.830. The highest BCUT2D eigenvalue weighted by Gasteiger charge is 2.65. The minimum absolute atomic E-state index is 0.0252. The van der Waals surface area contributed by atoms with Crippen molar-refractivity contribution in [2.24, 2.45) is 28.1 Å². The van der Waals surface area contributed by atoms with Gasteiger partial charge in [0.25, 0.3) is 0 Å². The van der Waals surface area contributed by atoms with E-state index in [1.165, 1.54) is 19.8 Å². The van der Waals surface area contributed by atoms with E-state index in [9.17, 15) is 9.90 Å². The largest absolute Gasteiger partial charge is 0.462 e. The summed E-state index contributed by atoms with van der Waals surface area (Å²) in [6.45, 7) is 14.7. The number of carbonyl (C=O) groups is 1. The van der Waals surface area contributed by atoms with Crippen LogP contribution < -0.4 is 0 Å². The topological polar surface area (TPSA) is 46.5 Å². The molecule has 1 N–H and O–H groups in total. The average molecular weight is 349 g/mol. The Bertz CT molecular complexity index is 568. The summed E-state index contributed by atoms with van der Waals surface area (Å²) in [5.41, 5.74) is -0.635. The fraction of sp³-hybridized carbons (Fsp3) is 0.864. The van der Waals surface area contributed by atoms with Gasteiger partial charge in [0.1, 0.15) is 6.10 Å². The molecule has 0 aromatic rings. The van der Waals surface area contributed by atoms with E-state index in [1.807, 2.05) is 6.08 Å². The summed E-state index contributed by atoms with van der Waals surface area (Å²) >= 11 is 0. The van der Waals surface area contributed by atoms with Crippen molar-refractivity contribution in [3.8, 4) is 0 Å². The maximum Gasteiger partial charge on any atom is 0.302 e. The van der Waals surface area contributed by atoms with Crippen LogP contribution in [0.15, 0.2) is 12.7 Å². The third kappa shape index (κ3) is 2.97. The Balaban J connectivity index is 2.05. The van der Waals surface area contributed by atoms with Crippen molar-refractivity contribution in [1.82, 2.24) is 0 Å². The van der Waals surface area contributed by atoms with E-state index in [1.54, 1.807) is 0 Å². The summed E-state index contributed by atoms with van der Waals surface area (Å²) in [5, 5.41) is 11.8. The zero-order chi connectivity index (χ0) is 18.7. The second kappa shape index (κ2) is 5.84. The first kappa shape index (κ1) is 18.9. The molecule has 0 unspecified atom stereocenters. The zero-order valence-electron chi connectivity index (χ0n) is 16.7. The molecule has 3 aliphatic carbocycles. The Morgan fingerprint density at radius 3 is 2.48 bits per heavy atom. The van der Waals surface area contributed by atoms with Crippen LogP contribution in [0.5, 0.6) is 0 Å². The predicted molar refractivity (Wildman–Crippen MR) is 100.0 cm³/mol. The van der Waals surface area contributed by atoms with Gasteiger partial charge in [-0.1, -0.05) is 40.2 Å². The van der Waals surface area contributed by atoms with Crippen LogP contribution in [0.2, 0.25) is 0 Å². The van der Waals surface area contributed by atoms with Crippen LogP contribution in [0.4, 0.5) is 0 Å². The van der Waals surface area contributed by atoms with E-state index in [0.717, 1.165) is 25.7 Å². The molecule has 0 amide bonds. The molecule has 3 fully saturated rings. The highest BCUT2D eigenvalue weighted by atomic mass is 16.5. The molecular weight excluding hydrogens is 312 g/mol. The van der Waals surface area contributed by atoms with E-state index >= 15 is 0 Å². The molecule has 0 radical (unpaired) electrons. The van der Waals surface area contributed by atoms with Gasteiger partial charge in [-0.2, -0.15) is 0 Å². The summed E-state index contributed by atoms with van der Waals surface area (Å²) in [7, 11) is 0. The van der Waals surface area contributed by atoms with E-state index in [4.69, 9.17) is 4.74 Å². The molecule has 3 rings (SSSR count). The number of rotatable bonds is 2. The van der Waals surface area contributed by atoms with Crippen LogP contribution in [0.1, 0.15) is 79.6 Å². The second-order valence-electron chi connectivity index (χ2n) is 10.4. The quantitative estimate of drug-likeness (QED) is 0.571. The van der Waals surface area contributed by atoms with Crippen molar-refractivity contribution in [2.75, 3.05) is 0 Å². The van der Waals surface area contributed by atoms with E-state index < -0.39 is 5.60 Å². The second-order valence-corrected chi connectivity index (χ2v) is 10.4. The van der Waals surface area contributed by atoms with Crippen LogP contribution >= 0.6 is 0 Å². The monoisotopic (exact) mass is 348 g/mol. The van der Waals surface area contributed by atoms with Gasteiger partial charge in [0.2, 0.25) is 0 Å². The van der Waals surface area contributed by atoms with Gasteiger partial charge >= 0.3 is 5.97 Å². The van der Waals surface area contributed by atoms with E-state index in [-0.39, 0.29) is 34.2 Å². The van der Waals surface area contributed by atoms with Gasteiger partial charge in [-0.15, -0.1) is 6.58 Å². The maximum absolute atomic E-state index is 11.8. The summed E-state index contributed by atoms with van der Waals surface area (Å²) in [6, 6.07) is 0. The molecule has 0 bridgehead atoms. The van der Waals surface area contributed by atoms with Crippen LogP contribution in [-0.2, 0) is 9.53 Å². The van der Waals surface area contributed by atoms with Gasteiger partial charge in [0.05, 0.1) is 5.60 Å². The first-order valence-corrected chi connectivity index (χ1v) is 9.99. The number of hydrogen-bond acceptors (Lipinski definition) is 3. The summed E-state index contributed by atoms with van der Waals surface area (Å²) in [6.07, 6.45) is 8.74. The van der Waals surface area contributed by atoms with E-state index in [0.29, 0.717) is 12.3 Å². The van der Waals surface area contributed by atoms with Gasteiger partial charge < -0.3 is 9.84 Å². The third-order valence-electron chi connectivity index (χ3n) is 7.98. The molecular formula is C22H36O3. The number of aliphatic hydroxyl groups is 1. The molecule has 0 aromatic carbocycles. The Kier molecular flexibility index (Phi) is 4.42. The molecule has 0 saturated heterocycles. The molecule has 25 heavy (non-hydrogen) atoms. The Morgan fingerprint density at radius 2 is 1.88 bits per heavy atom. The average Bonchev–Trinajstić information content (AvgIpc) is 2.43. The molecule has 0 aliphatic heterocycles. The number of hydrogen-bond donors (Lipinski definition) is 1. The number of allylic oxidation sites excluding steroid dienone is 1. The first-order valence-electron chi connectivity index (χ1n) is 9.99. The lowest BCUT2D eigenvalue weighted by atomic mass is 9.41.